The Labute approximate surface area is 167 Å². The summed E-state index contributed by atoms with van der Waals surface area (Å²) in [6.45, 7) is 4.34. The van der Waals surface area contributed by atoms with Crippen molar-refractivity contribution in [3.8, 4) is 0 Å². The predicted molar refractivity (Wildman–Crippen MR) is 112 cm³/mol. The fourth-order valence-corrected chi connectivity index (χ4v) is 3.14. The highest BCUT2D eigenvalue weighted by Crippen LogP contribution is 2.15. The molecule has 0 saturated heterocycles. The molecule has 28 heavy (non-hydrogen) atoms. The first kappa shape index (κ1) is 19.8. The van der Waals surface area contributed by atoms with E-state index in [-0.39, 0.29) is 11.3 Å². The van der Waals surface area contributed by atoms with Crippen molar-refractivity contribution in [2.75, 3.05) is 0 Å². The van der Waals surface area contributed by atoms with Gasteiger partial charge < -0.3 is 0 Å². The molecule has 1 N–H and O–H groups in total. The van der Waals surface area contributed by atoms with Crippen molar-refractivity contribution in [3.63, 3.8) is 0 Å². The molecule has 2 aromatic carbocycles. The molecule has 1 amide bonds. The maximum Gasteiger partial charge on any atom is 0.292 e. The van der Waals surface area contributed by atoms with Gasteiger partial charge in [0, 0.05) is 17.0 Å². The highest BCUT2D eigenvalue weighted by atomic mass is 35.5. The summed E-state index contributed by atoms with van der Waals surface area (Å²) in [5, 5.41) is 10.1. The normalized spacial score (nSPS) is 11.6. The largest absolute Gasteiger partial charge is 0.292 e. The summed E-state index contributed by atoms with van der Waals surface area (Å²) in [6, 6.07) is 14.3. The number of fused-ring (bicyclic) bond motifs is 1. The Bertz CT molecular complexity index is 1110. The van der Waals surface area contributed by atoms with Crippen LogP contribution in [0.2, 0.25) is 5.02 Å². The van der Waals surface area contributed by atoms with Crippen molar-refractivity contribution >= 4 is 34.0 Å². The van der Waals surface area contributed by atoms with Crippen molar-refractivity contribution in [3.05, 3.63) is 75.2 Å². The second-order valence-corrected chi connectivity index (χ2v) is 6.72. The summed E-state index contributed by atoms with van der Waals surface area (Å²) in [5.74, 6) is -0.464. The molecule has 7 heteroatoms. The number of carbonyl (C=O) groups excluding carboxylic acids is 1. The van der Waals surface area contributed by atoms with Gasteiger partial charge in [0.05, 0.1) is 11.1 Å². The van der Waals surface area contributed by atoms with Crippen LogP contribution in [0.1, 0.15) is 42.7 Å². The van der Waals surface area contributed by atoms with Gasteiger partial charge in [0.1, 0.15) is 0 Å². The molecule has 0 saturated carbocycles. The van der Waals surface area contributed by atoms with Gasteiger partial charge in [-0.1, -0.05) is 55.8 Å². The Morgan fingerprint density at radius 2 is 1.89 bits per heavy atom. The first-order valence-electron chi connectivity index (χ1n) is 9.17. The van der Waals surface area contributed by atoms with Gasteiger partial charge in [-0.3, -0.25) is 9.59 Å². The zero-order chi connectivity index (χ0) is 20.1. The second kappa shape index (κ2) is 8.80. The fourth-order valence-electron chi connectivity index (χ4n) is 2.95. The van der Waals surface area contributed by atoms with E-state index in [1.165, 1.54) is 4.68 Å². The van der Waals surface area contributed by atoms with Gasteiger partial charge in [0.15, 0.2) is 5.69 Å². The van der Waals surface area contributed by atoms with E-state index in [0.29, 0.717) is 34.5 Å². The number of halogens is 1. The molecule has 0 spiro atoms. The topological polar surface area (TPSA) is 76.3 Å². The molecule has 0 atom stereocenters. The van der Waals surface area contributed by atoms with E-state index >= 15 is 0 Å². The molecular weight excluding hydrogens is 376 g/mol. The Balaban J connectivity index is 1.99. The molecule has 3 aromatic rings. The monoisotopic (exact) mass is 396 g/mol. The van der Waals surface area contributed by atoms with Gasteiger partial charge in [-0.15, -0.1) is 0 Å². The maximum absolute atomic E-state index is 12.8. The second-order valence-electron chi connectivity index (χ2n) is 6.29. The number of nitrogens with one attached hydrogen (secondary N) is 1. The van der Waals surface area contributed by atoms with Crippen molar-refractivity contribution < 1.29 is 4.79 Å². The van der Waals surface area contributed by atoms with E-state index < -0.39 is 5.91 Å². The lowest BCUT2D eigenvalue weighted by atomic mass is 10.1. The quantitative estimate of drug-likeness (QED) is 0.505. The smallest absolute Gasteiger partial charge is 0.267 e. The van der Waals surface area contributed by atoms with Gasteiger partial charge in [0.25, 0.3) is 11.5 Å². The number of amides is 1. The van der Waals surface area contributed by atoms with E-state index in [9.17, 15) is 9.59 Å². The van der Waals surface area contributed by atoms with Crippen molar-refractivity contribution in [2.24, 2.45) is 5.10 Å². The minimum absolute atomic E-state index is 0.175. The van der Waals surface area contributed by atoms with Crippen molar-refractivity contribution in [1.82, 2.24) is 15.2 Å². The predicted octanol–water partition coefficient (Wildman–Crippen LogP) is 4.00. The summed E-state index contributed by atoms with van der Waals surface area (Å²) in [5.41, 5.74) is 4.08. The Kier molecular flexibility index (Phi) is 6.21. The average molecular weight is 397 g/mol. The summed E-state index contributed by atoms with van der Waals surface area (Å²) < 4.78 is 1.33. The van der Waals surface area contributed by atoms with E-state index in [1.807, 2.05) is 26.0 Å². The first-order chi connectivity index (χ1) is 13.5. The Hall–Kier alpha value is -2.99. The van der Waals surface area contributed by atoms with E-state index in [4.69, 9.17) is 11.6 Å². The van der Waals surface area contributed by atoms with Gasteiger partial charge in [-0.2, -0.15) is 10.2 Å². The summed E-state index contributed by atoms with van der Waals surface area (Å²) in [7, 11) is 0. The average Bonchev–Trinajstić information content (AvgIpc) is 2.70. The zero-order valence-corrected chi connectivity index (χ0v) is 16.5. The van der Waals surface area contributed by atoms with E-state index in [2.05, 4.69) is 15.6 Å². The van der Waals surface area contributed by atoms with Crippen LogP contribution in [0, 0.1) is 0 Å². The third-order valence-corrected chi connectivity index (χ3v) is 4.54. The molecule has 0 aliphatic carbocycles. The number of hydrazone groups is 1. The van der Waals surface area contributed by atoms with Crippen LogP contribution in [-0.4, -0.2) is 21.4 Å². The van der Waals surface area contributed by atoms with Crippen LogP contribution in [0.15, 0.2) is 58.4 Å². The van der Waals surface area contributed by atoms with Crippen LogP contribution >= 0.6 is 11.6 Å². The number of nitrogens with zero attached hydrogens (tertiary/aromatic N) is 3. The molecular formula is C21H21ClN4O2. The third-order valence-electron chi connectivity index (χ3n) is 4.30. The molecule has 0 fully saturated rings. The van der Waals surface area contributed by atoms with Crippen LogP contribution in [0.4, 0.5) is 0 Å². The van der Waals surface area contributed by atoms with Gasteiger partial charge in [-0.25, -0.2) is 10.1 Å². The molecule has 0 aliphatic heterocycles. The number of aromatic nitrogens is 2. The molecule has 0 aliphatic rings. The number of hydrogen-bond donors (Lipinski definition) is 1. The van der Waals surface area contributed by atoms with Crippen LogP contribution in [0.5, 0.6) is 0 Å². The SMILES string of the molecule is CCCn1nc(C(=O)N/N=C(\CC)c2cccc(Cl)c2)c2ccccc2c1=O. The standard InChI is InChI=1S/C21H21ClN4O2/c1-3-12-26-21(28)17-11-6-5-10-16(17)19(25-26)20(27)24-23-18(4-2)14-8-7-9-15(22)13-14/h5-11,13H,3-4,12H2,1-2H3,(H,24,27)/b23-18+. The third kappa shape index (κ3) is 4.12. The minimum Gasteiger partial charge on any atom is -0.267 e. The van der Waals surface area contributed by atoms with Crippen LogP contribution < -0.4 is 11.0 Å². The first-order valence-corrected chi connectivity index (χ1v) is 9.55. The molecule has 1 aromatic heterocycles. The molecule has 6 nitrogen and oxygen atoms in total. The number of benzene rings is 2. The molecule has 0 unspecified atom stereocenters. The van der Waals surface area contributed by atoms with Gasteiger partial charge in [0.2, 0.25) is 0 Å². The lowest BCUT2D eigenvalue weighted by Crippen LogP contribution is -2.29. The van der Waals surface area contributed by atoms with E-state index in [1.54, 1.807) is 36.4 Å². The number of carbonyl (C=O) groups is 1. The molecule has 144 valence electrons. The van der Waals surface area contributed by atoms with Crippen LogP contribution in [0.3, 0.4) is 0 Å². The Morgan fingerprint density at radius 3 is 2.57 bits per heavy atom. The van der Waals surface area contributed by atoms with Gasteiger partial charge in [-0.05, 0) is 36.6 Å². The molecule has 1 heterocycles. The number of rotatable bonds is 6. The van der Waals surface area contributed by atoms with E-state index in [0.717, 1.165) is 12.0 Å². The maximum atomic E-state index is 12.8. The summed E-state index contributed by atoms with van der Waals surface area (Å²) in [4.78, 5) is 25.4. The van der Waals surface area contributed by atoms with Crippen LogP contribution in [-0.2, 0) is 6.54 Å². The van der Waals surface area contributed by atoms with Gasteiger partial charge >= 0.3 is 0 Å². The molecule has 3 rings (SSSR count). The number of hydrogen-bond acceptors (Lipinski definition) is 4. The molecule has 0 bridgehead atoms. The Morgan fingerprint density at radius 1 is 1.14 bits per heavy atom. The van der Waals surface area contributed by atoms with Crippen molar-refractivity contribution in [1.29, 1.82) is 0 Å². The fraction of sp³-hybridized carbons (Fsp3) is 0.238. The zero-order valence-electron chi connectivity index (χ0n) is 15.8. The lowest BCUT2D eigenvalue weighted by molar-refractivity contribution is 0.0949. The lowest BCUT2D eigenvalue weighted by Gasteiger charge is -2.10. The summed E-state index contributed by atoms with van der Waals surface area (Å²) in [6.07, 6.45) is 1.35. The minimum atomic E-state index is -0.464. The highest BCUT2D eigenvalue weighted by molar-refractivity contribution is 6.31. The van der Waals surface area contributed by atoms with Crippen molar-refractivity contribution in [2.45, 2.75) is 33.2 Å². The summed E-state index contributed by atoms with van der Waals surface area (Å²) >= 11 is 6.05. The molecule has 0 radical (unpaired) electrons. The number of aryl methyl sites for hydroxylation is 1. The van der Waals surface area contributed by atoms with Crippen LogP contribution in [0.25, 0.3) is 10.8 Å². The highest BCUT2D eigenvalue weighted by Gasteiger charge is 2.16.